The summed E-state index contributed by atoms with van der Waals surface area (Å²) in [6.45, 7) is 7.82. The zero-order valence-electron chi connectivity index (χ0n) is 19.7. The second-order valence-corrected chi connectivity index (χ2v) is 9.82. The van der Waals surface area contributed by atoms with Crippen molar-refractivity contribution >= 4 is 29.1 Å². The van der Waals surface area contributed by atoms with E-state index < -0.39 is 0 Å². The summed E-state index contributed by atoms with van der Waals surface area (Å²) >= 11 is 0. The first-order chi connectivity index (χ1) is 15.8. The molecule has 2 aliphatic heterocycles. The maximum absolute atomic E-state index is 13.1. The van der Waals surface area contributed by atoms with E-state index in [1.165, 1.54) is 0 Å². The minimum absolute atomic E-state index is 0.0152. The van der Waals surface area contributed by atoms with Crippen molar-refractivity contribution in [3.63, 3.8) is 0 Å². The van der Waals surface area contributed by atoms with Gasteiger partial charge >= 0.3 is 0 Å². The fourth-order valence-corrected chi connectivity index (χ4v) is 5.07. The number of piperidine rings is 1. The summed E-state index contributed by atoms with van der Waals surface area (Å²) in [7, 11) is 0. The molecule has 0 bridgehead atoms. The van der Waals surface area contributed by atoms with Crippen LogP contribution in [0.25, 0.3) is 0 Å². The molecule has 3 atom stereocenters. The first-order valence-corrected chi connectivity index (χ1v) is 11.9. The van der Waals surface area contributed by atoms with Gasteiger partial charge in [-0.2, -0.15) is 0 Å². The Labute approximate surface area is 195 Å². The van der Waals surface area contributed by atoms with Gasteiger partial charge in [-0.1, -0.05) is 38.1 Å². The van der Waals surface area contributed by atoms with Gasteiger partial charge in [0.05, 0.1) is 0 Å². The quantitative estimate of drug-likeness (QED) is 0.701. The van der Waals surface area contributed by atoms with Crippen LogP contribution in [0.2, 0.25) is 0 Å². The van der Waals surface area contributed by atoms with Crippen LogP contribution in [0.4, 0.5) is 11.4 Å². The van der Waals surface area contributed by atoms with Crippen LogP contribution < -0.4 is 10.6 Å². The van der Waals surface area contributed by atoms with Crippen molar-refractivity contribution in [2.45, 2.75) is 46.5 Å². The molecule has 3 amide bonds. The van der Waals surface area contributed by atoms with Gasteiger partial charge in [0.2, 0.25) is 11.8 Å². The van der Waals surface area contributed by atoms with E-state index in [2.05, 4.69) is 24.5 Å². The average Bonchev–Trinajstić information content (AvgIpc) is 2.78. The first-order valence-electron chi connectivity index (χ1n) is 11.9. The van der Waals surface area contributed by atoms with E-state index in [1.54, 1.807) is 6.07 Å². The van der Waals surface area contributed by atoms with Crippen molar-refractivity contribution in [1.82, 2.24) is 4.90 Å². The van der Waals surface area contributed by atoms with Gasteiger partial charge in [0.15, 0.2) is 0 Å². The van der Waals surface area contributed by atoms with E-state index in [0.29, 0.717) is 35.9 Å². The van der Waals surface area contributed by atoms with Crippen LogP contribution in [0.3, 0.4) is 0 Å². The van der Waals surface area contributed by atoms with E-state index in [0.717, 1.165) is 36.3 Å². The van der Waals surface area contributed by atoms with Crippen LogP contribution in [0, 0.1) is 24.7 Å². The second-order valence-electron chi connectivity index (χ2n) is 9.82. The van der Waals surface area contributed by atoms with Gasteiger partial charge in [0.1, 0.15) is 0 Å². The lowest BCUT2D eigenvalue weighted by atomic mass is 9.89. The Hall–Kier alpha value is -3.15. The van der Waals surface area contributed by atoms with Gasteiger partial charge < -0.3 is 15.5 Å². The van der Waals surface area contributed by atoms with Crippen molar-refractivity contribution in [2.24, 2.45) is 17.8 Å². The number of hydrogen-bond donors (Lipinski definition) is 2. The smallest absolute Gasteiger partial charge is 0.253 e. The van der Waals surface area contributed by atoms with Crippen LogP contribution in [-0.4, -0.2) is 35.7 Å². The minimum Gasteiger partial charge on any atom is -0.338 e. The highest BCUT2D eigenvalue weighted by Gasteiger charge is 2.28. The molecule has 2 aromatic rings. The van der Waals surface area contributed by atoms with E-state index in [9.17, 15) is 14.4 Å². The Kier molecular flexibility index (Phi) is 6.82. The van der Waals surface area contributed by atoms with Gasteiger partial charge in [0, 0.05) is 42.4 Å². The molecule has 2 N–H and O–H groups in total. The number of hydrogen-bond acceptors (Lipinski definition) is 3. The van der Waals surface area contributed by atoms with Gasteiger partial charge in [-0.25, -0.2) is 0 Å². The number of amides is 3. The molecule has 2 heterocycles. The van der Waals surface area contributed by atoms with Gasteiger partial charge in [-0.05, 0) is 67.3 Å². The summed E-state index contributed by atoms with van der Waals surface area (Å²) in [6.07, 6.45) is 2.51. The van der Waals surface area contributed by atoms with Gasteiger partial charge in [-0.3, -0.25) is 14.4 Å². The normalized spacial score (nSPS) is 22.3. The molecule has 1 saturated heterocycles. The van der Waals surface area contributed by atoms with Gasteiger partial charge in [-0.15, -0.1) is 0 Å². The molecule has 0 radical (unpaired) electrons. The number of anilines is 2. The number of benzene rings is 2. The zero-order chi connectivity index (χ0) is 23.5. The third-order valence-electron chi connectivity index (χ3n) is 6.75. The van der Waals surface area contributed by atoms with Crippen molar-refractivity contribution in [3.05, 3.63) is 59.2 Å². The van der Waals surface area contributed by atoms with E-state index in [1.807, 2.05) is 48.2 Å². The highest BCUT2D eigenvalue weighted by atomic mass is 16.2. The molecular weight excluding hydrogens is 414 g/mol. The Balaban J connectivity index is 1.37. The molecule has 0 saturated carbocycles. The molecule has 6 nitrogen and oxygen atoms in total. The highest BCUT2D eigenvalue weighted by molar-refractivity contribution is 5.99. The topological polar surface area (TPSA) is 78.5 Å². The molecule has 33 heavy (non-hydrogen) atoms. The molecular formula is C27H33N3O3. The molecule has 0 aliphatic carbocycles. The van der Waals surface area contributed by atoms with Crippen molar-refractivity contribution in [1.29, 1.82) is 0 Å². The fraction of sp³-hybridized carbons (Fsp3) is 0.444. The molecule has 6 heteroatoms. The molecule has 174 valence electrons. The lowest BCUT2D eigenvalue weighted by Gasteiger charge is -2.35. The molecule has 2 aliphatic rings. The van der Waals surface area contributed by atoms with E-state index in [4.69, 9.17) is 0 Å². The number of rotatable bonds is 5. The number of carbonyl (C=O) groups excluding carboxylic acids is 3. The number of nitrogens with zero attached hydrogens (tertiary/aromatic N) is 1. The Morgan fingerprint density at radius 3 is 2.58 bits per heavy atom. The summed E-state index contributed by atoms with van der Waals surface area (Å²) in [5.74, 6) is 0.603. The predicted molar refractivity (Wildman–Crippen MR) is 130 cm³/mol. The third kappa shape index (κ3) is 5.44. The summed E-state index contributed by atoms with van der Waals surface area (Å²) in [6, 6.07) is 13.3. The van der Waals surface area contributed by atoms with Crippen LogP contribution >= 0.6 is 0 Å². The highest BCUT2D eigenvalue weighted by Crippen LogP contribution is 2.28. The Morgan fingerprint density at radius 1 is 1.09 bits per heavy atom. The number of para-hydroxylation sites is 1. The SMILES string of the molecule is Cc1ccc(C(=O)N2CC(C)CC(C)C2)cc1NC(=O)CCC1Cc2ccccc2NC1=O. The molecule has 0 aromatic heterocycles. The third-order valence-corrected chi connectivity index (χ3v) is 6.75. The number of nitrogens with one attached hydrogen (secondary N) is 2. The Bertz CT molecular complexity index is 1050. The van der Waals surface area contributed by atoms with Crippen molar-refractivity contribution in [3.8, 4) is 0 Å². The Morgan fingerprint density at radius 2 is 1.82 bits per heavy atom. The number of carbonyl (C=O) groups is 3. The minimum atomic E-state index is -0.220. The van der Waals surface area contributed by atoms with Gasteiger partial charge in [0.25, 0.3) is 5.91 Å². The molecule has 4 rings (SSSR count). The van der Waals surface area contributed by atoms with E-state index in [-0.39, 0.29) is 30.1 Å². The van der Waals surface area contributed by atoms with Crippen LogP contribution in [0.1, 0.15) is 54.6 Å². The second kappa shape index (κ2) is 9.77. The molecule has 2 aromatic carbocycles. The monoisotopic (exact) mass is 447 g/mol. The lowest BCUT2D eigenvalue weighted by molar-refractivity contribution is -0.121. The zero-order valence-corrected chi connectivity index (χ0v) is 19.7. The van der Waals surface area contributed by atoms with Crippen molar-refractivity contribution < 1.29 is 14.4 Å². The number of fused-ring (bicyclic) bond motifs is 1. The van der Waals surface area contributed by atoms with Crippen molar-refractivity contribution in [2.75, 3.05) is 23.7 Å². The first kappa shape index (κ1) is 23.0. The molecule has 3 unspecified atom stereocenters. The standard InChI is InChI=1S/C27H33N3O3/c1-17-12-18(2)16-30(15-17)27(33)22-9-8-19(3)24(14-22)28-25(31)11-10-21-13-20-6-4-5-7-23(20)29-26(21)32/h4-9,14,17-18,21H,10-13,15-16H2,1-3H3,(H,28,31)(H,29,32). The largest absolute Gasteiger partial charge is 0.338 e. The van der Waals surface area contributed by atoms with E-state index >= 15 is 0 Å². The summed E-state index contributed by atoms with van der Waals surface area (Å²) < 4.78 is 0. The van der Waals surface area contributed by atoms with Crippen LogP contribution in [0.5, 0.6) is 0 Å². The van der Waals surface area contributed by atoms with Crippen LogP contribution in [0.15, 0.2) is 42.5 Å². The summed E-state index contributed by atoms with van der Waals surface area (Å²) in [5, 5.41) is 5.90. The average molecular weight is 448 g/mol. The maximum atomic E-state index is 13.1. The summed E-state index contributed by atoms with van der Waals surface area (Å²) in [4.78, 5) is 40.1. The van der Waals surface area contributed by atoms with Crippen LogP contribution in [-0.2, 0) is 16.0 Å². The lowest BCUT2D eigenvalue weighted by Crippen LogP contribution is -2.42. The molecule has 1 fully saturated rings. The summed E-state index contributed by atoms with van der Waals surface area (Å²) in [5.41, 5.74) is 4.12. The maximum Gasteiger partial charge on any atom is 0.253 e. The number of aryl methyl sites for hydroxylation is 1. The number of likely N-dealkylation sites (tertiary alicyclic amines) is 1. The fourth-order valence-electron chi connectivity index (χ4n) is 5.07. The molecule has 0 spiro atoms. The predicted octanol–water partition coefficient (Wildman–Crippen LogP) is 4.64.